The number of hydrogen-bond acceptors (Lipinski definition) is 2. The number of carbonyl (C=O) groups is 1. The largest absolute Gasteiger partial charge is 0.298 e. The van der Waals surface area contributed by atoms with Gasteiger partial charge in [0.25, 0.3) is 0 Å². The number of aryl methyl sites for hydroxylation is 1. The Balaban J connectivity index is 2.71. The van der Waals surface area contributed by atoms with Gasteiger partial charge < -0.3 is 0 Å². The van der Waals surface area contributed by atoms with Gasteiger partial charge in [0.2, 0.25) is 0 Å². The molecule has 0 unspecified atom stereocenters. The number of rotatable bonds is 2. The lowest BCUT2D eigenvalue weighted by molar-refractivity contribution is 0.112. The minimum atomic E-state index is -0.862. The fourth-order valence-corrected chi connectivity index (χ4v) is 1.81. The van der Waals surface area contributed by atoms with Crippen LogP contribution in [0.5, 0.6) is 0 Å². The second kappa shape index (κ2) is 4.49. The summed E-state index contributed by atoms with van der Waals surface area (Å²) in [7, 11) is 0. The van der Waals surface area contributed by atoms with E-state index in [0.29, 0.717) is 22.7 Å². The van der Waals surface area contributed by atoms with Gasteiger partial charge in [-0.2, -0.15) is 5.10 Å². The normalized spacial score (nSPS) is 10.7. The molecule has 0 aliphatic carbocycles. The highest BCUT2D eigenvalue weighted by Gasteiger charge is 2.18. The van der Waals surface area contributed by atoms with E-state index in [1.165, 1.54) is 0 Å². The predicted octanol–water partition coefficient (Wildman–Crippen LogP) is 3.23. The van der Waals surface area contributed by atoms with Crippen LogP contribution in [-0.2, 0) is 0 Å². The molecule has 0 saturated carbocycles. The number of halogens is 3. The fraction of sp³-hybridized carbons (Fsp3) is 0.167. The smallest absolute Gasteiger partial charge is 0.152 e. The Labute approximate surface area is 107 Å². The van der Waals surface area contributed by atoms with Crippen molar-refractivity contribution in [3.63, 3.8) is 0 Å². The van der Waals surface area contributed by atoms with Gasteiger partial charge in [-0.25, -0.2) is 13.5 Å². The maximum Gasteiger partial charge on any atom is 0.152 e. The summed E-state index contributed by atoms with van der Waals surface area (Å²) < 4.78 is 28.7. The van der Waals surface area contributed by atoms with Gasteiger partial charge in [-0.05, 0) is 26.0 Å². The summed E-state index contributed by atoms with van der Waals surface area (Å²) in [5, 5.41) is 4.33. The van der Waals surface area contributed by atoms with Crippen molar-refractivity contribution in [3.05, 3.63) is 45.7 Å². The van der Waals surface area contributed by atoms with E-state index < -0.39 is 11.6 Å². The molecule has 1 aromatic carbocycles. The lowest BCUT2D eigenvalue weighted by Gasteiger charge is -2.07. The highest BCUT2D eigenvalue weighted by molar-refractivity contribution is 6.31. The van der Waals surface area contributed by atoms with Crippen LogP contribution >= 0.6 is 11.6 Å². The molecule has 18 heavy (non-hydrogen) atoms. The highest BCUT2D eigenvalue weighted by atomic mass is 35.5. The first-order valence-electron chi connectivity index (χ1n) is 5.12. The summed E-state index contributed by atoms with van der Waals surface area (Å²) in [5.74, 6) is -1.72. The second-order valence-corrected chi connectivity index (χ2v) is 4.23. The van der Waals surface area contributed by atoms with Crippen molar-refractivity contribution >= 4 is 17.9 Å². The van der Waals surface area contributed by atoms with Crippen LogP contribution in [0.4, 0.5) is 8.78 Å². The number of nitrogens with zero attached hydrogens (tertiary/aromatic N) is 2. The highest BCUT2D eigenvalue weighted by Crippen LogP contribution is 2.26. The fourth-order valence-electron chi connectivity index (χ4n) is 1.70. The molecule has 2 rings (SSSR count). The summed E-state index contributed by atoms with van der Waals surface area (Å²) >= 11 is 5.93. The molecule has 94 valence electrons. The third-order valence-electron chi connectivity index (χ3n) is 2.59. The number of aromatic nitrogens is 2. The number of benzene rings is 1. The zero-order chi connectivity index (χ0) is 13.4. The molecule has 0 N–H and O–H groups in total. The Morgan fingerprint density at radius 1 is 1.28 bits per heavy atom. The van der Waals surface area contributed by atoms with Crippen molar-refractivity contribution in [3.8, 4) is 5.69 Å². The molecule has 0 saturated heterocycles. The summed E-state index contributed by atoms with van der Waals surface area (Å²) in [6.07, 6.45) is 0.379. The SMILES string of the molecule is Cc1nn(-c2c(F)cc(C=O)cc2F)c(C)c1Cl. The lowest BCUT2D eigenvalue weighted by Crippen LogP contribution is -2.06. The molecule has 0 aliphatic heterocycles. The van der Waals surface area contributed by atoms with Gasteiger partial charge in [-0.1, -0.05) is 11.6 Å². The van der Waals surface area contributed by atoms with E-state index in [1.807, 2.05) is 0 Å². The van der Waals surface area contributed by atoms with Crippen molar-refractivity contribution < 1.29 is 13.6 Å². The summed E-state index contributed by atoms with van der Waals surface area (Å²) in [5.41, 5.74) is 0.507. The van der Waals surface area contributed by atoms with Crippen LogP contribution in [0.25, 0.3) is 5.69 Å². The molecule has 1 aromatic heterocycles. The lowest BCUT2D eigenvalue weighted by atomic mass is 10.2. The first kappa shape index (κ1) is 12.7. The number of aldehydes is 1. The van der Waals surface area contributed by atoms with Crippen LogP contribution in [-0.4, -0.2) is 16.1 Å². The number of hydrogen-bond donors (Lipinski definition) is 0. The molecular formula is C12H9ClF2N2O. The van der Waals surface area contributed by atoms with E-state index in [-0.39, 0.29) is 11.3 Å². The van der Waals surface area contributed by atoms with Crippen LogP contribution in [0, 0.1) is 25.5 Å². The summed E-state index contributed by atoms with van der Waals surface area (Å²) in [4.78, 5) is 10.5. The minimum absolute atomic E-state index is 0.0682. The van der Waals surface area contributed by atoms with E-state index in [4.69, 9.17) is 11.6 Å². The third-order valence-corrected chi connectivity index (χ3v) is 3.14. The molecule has 0 spiro atoms. The Hall–Kier alpha value is -1.75. The summed E-state index contributed by atoms with van der Waals surface area (Å²) in [6, 6.07) is 1.91. The zero-order valence-electron chi connectivity index (χ0n) is 9.67. The van der Waals surface area contributed by atoms with Crippen molar-refractivity contribution in [2.45, 2.75) is 13.8 Å². The molecule has 3 nitrogen and oxygen atoms in total. The predicted molar refractivity (Wildman–Crippen MR) is 63.4 cm³/mol. The van der Waals surface area contributed by atoms with E-state index in [0.717, 1.165) is 16.8 Å². The van der Waals surface area contributed by atoms with Crippen LogP contribution in [0.2, 0.25) is 5.02 Å². The molecule has 0 fully saturated rings. The van der Waals surface area contributed by atoms with Crippen LogP contribution in [0.1, 0.15) is 21.7 Å². The van der Waals surface area contributed by atoms with Crippen molar-refractivity contribution in [1.29, 1.82) is 0 Å². The molecular weight excluding hydrogens is 262 g/mol. The van der Waals surface area contributed by atoms with Crippen molar-refractivity contribution in [2.24, 2.45) is 0 Å². The maximum absolute atomic E-state index is 13.8. The van der Waals surface area contributed by atoms with E-state index >= 15 is 0 Å². The van der Waals surface area contributed by atoms with E-state index in [2.05, 4.69) is 5.10 Å². The average molecular weight is 271 g/mol. The Kier molecular flexibility index (Phi) is 3.17. The first-order valence-corrected chi connectivity index (χ1v) is 5.49. The van der Waals surface area contributed by atoms with Gasteiger partial charge in [-0.3, -0.25) is 4.79 Å². The molecule has 2 aromatic rings. The maximum atomic E-state index is 13.8. The molecule has 0 aliphatic rings. The van der Waals surface area contributed by atoms with Crippen LogP contribution < -0.4 is 0 Å². The quantitative estimate of drug-likeness (QED) is 0.785. The third kappa shape index (κ3) is 1.90. The van der Waals surface area contributed by atoms with Gasteiger partial charge in [0.1, 0.15) is 12.0 Å². The monoisotopic (exact) mass is 270 g/mol. The first-order chi connectivity index (χ1) is 8.45. The molecule has 6 heteroatoms. The minimum Gasteiger partial charge on any atom is -0.298 e. The standard InChI is InChI=1S/C12H9ClF2N2O/c1-6-11(13)7(2)17(16-6)12-9(14)3-8(5-18)4-10(12)15/h3-5H,1-2H3. The molecule has 0 atom stereocenters. The van der Waals surface area contributed by atoms with Gasteiger partial charge in [0.15, 0.2) is 11.6 Å². The Morgan fingerprint density at radius 3 is 2.22 bits per heavy atom. The van der Waals surface area contributed by atoms with Crippen molar-refractivity contribution in [2.75, 3.05) is 0 Å². The van der Waals surface area contributed by atoms with Gasteiger partial charge in [0, 0.05) is 5.56 Å². The van der Waals surface area contributed by atoms with Crippen molar-refractivity contribution in [1.82, 2.24) is 9.78 Å². The topological polar surface area (TPSA) is 34.9 Å². The van der Waals surface area contributed by atoms with Crippen LogP contribution in [0.3, 0.4) is 0 Å². The number of carbonyl (C=O) groups excluding carboxylic acids is 1. The average Bonchev–Trinajstić information content (AvgIpc) is 2.56. The molecule has 1 heterocycles. The van der Waals surface area contributed by atoms with Gasteiger partial charge in [0.05, 0.1) is 16.4 Å². The van der Waals surface area contributed by atoms with E-state index in [9.17, 15) is 13.6 Å². The Morgan fingerprint density at radius 2 is 1.83 bits per heavy atom. The molecule has 0 amide bonds. The Bertz CT molecular complexity index is 614. The second-order valence-electron chi connectivity index (χ2n) is 3.85. The summed E-state index contributed by atoms with van der Waals surface area (Å²) in [6.45, 7) is 3.25. The van der Waals surface area contributed by atoms with Gasteiger partial charge in [-0.15, -0.1) is 0 Å². The van der Waals surface area contributed by atoms with E-state index in [1.54, 1.807) is 13.8 Å². The van der Waals surface area contributed by atoms with Gasteiger partial charge >= 0.3 is 0 Å². The molecule has 0 radical (unpaired) electrons. The molecule has 0 bridgehead atoms. The zero-order valence-corrected chi connectivity index (χ0v) is 10.4. The van der Waals surface area contributed by atoms with Crippen LogP contribution in [0.15, 0.2) is 12.1 Å².